The quantitative estimate of drug-likeness (QED) is 0.322. The standard InChI is InChI=1S/C30H42N4O7/c1-18(2)14-26(37)31-13-11-27(38)34-23(10-7-12-32-34)29(39)33-28(19(3)4)25(36)17-41-30(40)21-15-20-8-5-6-9-22(20)24(35)16-21/h5-6,8-9,18-19,21,23,28,32H,7,10-17H2,1-4H3,(H,31,37)(H,33,39). The zero-order chi connectivity index (χ0) is 30.1. The van der Waals surface area contributed by atoms with Crippen LogP contribution in [0.15, 0.2) is 24.3 Å². The highest BCUT2D eigenvalue weighted by molar-refractivity contribution is 6.01. The van der Waals surface area contributed by atoms with Crippen molar-refractivity contribution in [3.8, 4) is 0 Å². The second-order valence-electron chi connectivity index (χ2n) is 11.5. The molecule has 0 spiro atoms. The van der Waals surface area contributed by atoms with Crippen LogP contribution in [-0.2, 0) is 35.1 Å². The summed E-state index contributed by atoms with van der Waals surface area (Å²) in [6.45, 7) is 7.55. The fourth-order valence-electron chi connectivity index (χ4n) is 5.14. The van der Waals surface area contributed by atoms with Crippen molar-refractivity contribution in [1.82, 2.24) is 21.1 Å². The third-order valence-electron chi connectivity index (χ3n) is 7.29. The maximum atomic E-state index is 13.3. The van der Waals surface area contributed by atoms with Gasteiger partial charge in [-0.25, -0.2) is 5.43 Å². The molecule has 1 fully saturated rings. The van der Waals surface area contributed by atoms with Crippen LogP contribution in [-0.4, -0.2) is 72.0 Å². The summed E-state index contributed by atoms with van der Waals surface area (Å²) < 4.78 is 5.31. The summed E-state index contributed by atoms with van der Waals surface area (Å²) in [7, 11) is 0. The first-order valence-electron chi connectivity index (χ1n) is 14.4. The Bertz CT molecular complexity index is 1150. The van der Waals surface area contributed by atoms with Crippen LogP contribution in [0.1, 0.15) is 75.7 Å². The highest BCUT2D eigenvalue weighted by Crippen LogP contribution is 2.26. The van der Waals surface area contributed by atoms with Crippen LogP contribution in [0.3, 0.4) is 0 Å². The van der Waals surface area contributed by atoms with Gasteiger partial charge in [0.15, 0.2) is 18.2 Å². The molecule has 1 aliphatic heterocycles. The lowest BCUT2D eigenvalue weighted by molar-refractivity contribution is -0.153. The number of ketones is 2. The monoisotopic (exact) mass is 570 g/mol. The van der Waals surface area contributed by atoms with Gasteiger partial charge in [0.25, 0.3) is 0 Å². The molecule has 1 aromatic carbocycles. The summed E-state index contributed by atoms with van der Waals surface area (Å²) in [4.78, 5) is 76.2. The first-order chi connectivity index (χ1) is 19.5. The van der Waals surface area contributed by atoms with E-state index in [-0.39, 0.29) is 48.8 Å². The highest BCUT2D eigenvalue weighted by atomic mass is 16.5. The van der Waals surface area contributed by atoms with E-state index in [4.69, 9.17) is 4.74 Å². The van der Waals surface area contributed by atoms with Crippen LogP contribution in [0.25, 0.3) is 0 Å². The van der Waals surface area contributed by atoms with E-state index in [9.17, 15) is 28.8 Å². The van der Waals surface area contributed by atoms with Crippen LogP contribution in [0, 0.1) is 17.8 Å². The Labute approximate surface area is 241 Å². The van der Waals surface area contributed by atoms with E-state index < -0.39 is 42.3 Å². The molecule has 1 aromatic rings. The molecule has 11 nitrogen and oxygen atoms in total. The second-order valence-corrected chi connectivity index (χ2v) is 11.5. The summed E-state index contributed by atoms with van der Waals surface area (Å²) in [6, 6.07) is 5.37. The molecular formula is C30H42N4O7. The third-order valence-corrected chi connectivity index (χ3v) is 7.29. The van der Waals surface area contributed by atoms with E-state index in [0.29, 0.717) is 37.8 Å². The maximum absolute atomic E-state index is 13.3. The number of hydrogen-bond acceptors (Lipinski definition) is 8. The van der Waals surface area contributed by atoms with Crippen LogP contribution in [0.2, 0.25) is 0 Å². The first-order valence-corrected chi connectivity index (χ1v) is 14.4. The Morgan fingerprint density at radius 1 is 1.07 bits per heavy atom. The summed E-state index contributed by atoms with van der Waals surface area (Å²) in [5, 5.41) is 6.76. The van der Waals surface area contributed by atoms with Crippen molar-refractivity contribution in [2.24, 2.45) is 17.8 Å². The van der Waals surface area contributed by atoms with E-state index in [1.807, 2.05) is 19.9 Å². The summed E-state index contributed by atoms with van der Waals surface area (Å²) >= 11 is 0. The van der Waals surface area contributed by atoms with Crippen molar-refractivity contribution in [1.29, 1.82) is 0 Å². The summed E-state index contributed by atoms with van der Waals surface area (Å²) in [5.74, 6) is -2.94. The molecule has 1 saturated heterocycles. The lowest BCUT2D eigenvalue weighted by Crippen LogP contribution is -2.61. The zero-order valence-corrected chi connectivity index (χ0v) is 24.4. The van der Waals surface area contributed by atoms with Gasteiger partial charge in [-0.2, -0.15) is 0 Å². The van der Waals surface area contributed by atoms with Gasteiger partial charge in [0.05, 0.1) is 12.0 Å². The highest BCUT2D eigenvalue weighted by Gasteiger charge is 2.36. The molecule has 1 aliphatic carbocycles. The van der Waals surface area contributed by atoms with Crippen LogP contribution >= 0.6 is 0 Å². The van der Waals surface area contributed by atoms with E-state index in [1.54, 1.807) is 32.0 Å². The number of benzene rings is 1. The smallest absolute Gasteiger partial charge is 0.310 e. The van der Waals surface area contributed by atoms with Gasteiger partial charge in [-0.15, -0.1) is 0 Å². The molecule has 0 saturated carbocycles. The number of nitrogens with zero attached hydrogens (tertiary/aromatic N) is 1. The van der Waals surface area contributed by atoms with Crippen LogP contribution in [0.5, 0.6) is 0 Å². The predicted octanol–water partition coefficient (Wildman–Crippen LogP) is 1.73. The first kappa shape index (κ1) is 31.9. The summed E-state index contributed by atoms with van der Waals surface area (Å²) in [6.07, 6.45) is 1.85. The molecule has 3 unspecified atom stereocenters. The topological polar surface area (TPSA) is 151 Å². The molecule has 3 rings (SSSR count). The van der Waals surface area contributed by atoms with Gasteiger partial charge >= 0.3 is 5.97 Å². The fourth-order valence-corrected chi connectivity index (χ4v) is 5.14. The molecule has 1 heterocycles. The number of carbonyl (C=O) groups excluding carboxylic acids is 6. The fraction of sp³-hybridized carbons (Fsp3) is 0.600. The minimum atomic E-state index is -0.932. The van der Waals surface area contributed by atoms with E-state index >= 15 is 0 Å². The molecule has 0 bridgehead atoms. The number of Topliss-reactive ketones (excluding diaryl/α,β-unsaturated/α-hetero) is 2. The van der Waals surface area contributed by atoms with Crippen LogP contribution < -0.4 is 16.1 Å². The average Bonchev–Trinajstić information content (AvgIpc) is 2.93. The minimum Gasteiger partial charge on any atom is -0.457 e. The van der Waals surface area contributed by atoms with Gasteiger partial charge in [-0.05, 0) is 36.7 Å². The van der Waals surface area contributed by atoms with Crippen molar-refractivity contribution in [3.63, 3.8) is 0 Å². The number of rotatable bonds is 12. The zero-order valence-electron chi connectivity index (χ0n) is 24.4. The molecule has 11 heteroatoms. The Balaban J connectivity index is 1.54. The predicted molar refractivity (Wildman–Crippen MR) is 150 cm³/mol. The number of hydrazine groups is 1. The van der Waals surface area contributed by atoms with Gasteiger partial charge in [-0.3, -0.25) is 33.8 Å². The Kier molecular flexibility index (Phi) is 11.6. The molecule has 0 aromatic heterocycles. The van der Waals surface area contributed by atoms with Gasteiger partial charge in [0.2, 0.25) is 17.7 Å². The number of carbonyl (C=O) groups is 6. The number of ether oxygens (including phenoxy) is 1. The number of fused-ring (bicyclic) bond motifs is 1. The molecule has 3 N–H and O–H groups in total. The van der Waals surface area contributed by atoms with Crippen molar-refractivity contribution in [2.45, 2.75) is 78.3 Å². The van der Waals surface area contributed by atoms with Gasteiger partial charge < -0.3 is 15.4 Å². The molecule has 2 aliphatic rings. The molecule has 0 radical (unpaired) electrons. The van der Waals surface area contributed by atoms with Crippen molar-refractivity contribution >= 4 is 35.3 Å². The molecule has 3 amide bonds. The lowest BCUT2D eigenvalue weighted by Gasteiger charge is -2.36. The lowest BCUT2D eigenvalue weighted by atomic mass is 9.83. The van der Waals surface area contributed by atoms with E-state index in [0.717, 1.165) is 5.56 Å². The number of nitrogens with one attached hydrogen (secondary N) is 3. The number of esters is 1. The molecule has 41 heavy (non-hydrogen) atoms. The largest absolute Gasteiger partial charge is 0.457 e. The maximum Gasteiger partial charge on any atom is 0.310 e. The Hall–Kier alpha value is -3.60. The molecule has 224 valence electrons. The minimum absolute atomic E-state index is 0.0222. The van der Waals surface area contributed by atoms with Gasteiger partial charge in [0, 0.05) is 37.9 Å². The third kappa shape index (κ3) is 8.94. The van der Waals surface area contributed by atoms with Crippen molar-refractivity contribution < 1.29 is 33.5 Å². The average molecular weight is 571 g/mol. The van der Waals surface area contributed by atoms with Crippen LogP contribution in [0.4, 0.5) is 0 Å². The van der Waals surface area contributed by atoms with Gasteiger partial charge in [0.1, 0.15) is 6.04 Å². The SMILES string of the molecule is CC(C)CC(=O)NCCC(=O)N1NCCCC1C(=O)NC(C(=O)COC(=O)C1CC(=O)c2ccccc2C1)C(C)C. The normalized spacial score (nSPS) is 19.4. The Morgan fingerprint density at radius 2 is 1.80 bits per heavy atom. The second kappa shape index (κ2) is 14.9. The number of hydrogen-bond donors (Lipinski definition) is 3. The molecular weight excluding hydrogens is 528 g/mol. The van der Waals surface area contributed by atoms with Crippen molar-refractivity contribution in [3.05, 3.63) is 35.4 Å². The number of amides is 3. The molecule has 3 atom stereocenters. The van der Waals surface area contributed by atoms with Crippen molar-refractivity contribution in [2.75, 3.05) is 19.7 Å². The van der Waals surface area contributed by atoms with E-state index in [2.05, 4.69) is 16.1 Å². The summed E-state index contributed by atoms with van der Waals surface area (Å²) in [5.41, 5.74) is 4.35. The van der Waals surface area contributed by atoms with Gasteiger partial charge in [-0.1, -0.05) is 52.0 Å². The van der Waals surface area contributed by atoms with E-state index in [1.165, 1.54) is 5.01 Å². The Morgan fingerprint density at radius 3 is 2.51 bits per heavy atom.